The number of fused-ring (bicyclic) bond motifs is 1. The summed E-state index contributed by atoms with van der Waals surface area (Å²) in [4.78, 5) is 11.5. The SMILES string of the molecule is C=C(C)C(=O)OC1CCCc2ccccc21.OC=Cc1ccccc1. The molecule has 1 N–H and O–H groups in total. The lowest BCUT2D eigenvalue weighted by Gasteiger charge is -2.25. The lowest BCUT2D eigenvalue weighted by atomic mass is 9.89. The second-order valence-corrected chi connectivity index (χ2v) is 5.99. The van der Waals surface area contributed by atoms with E-state index in [2.05, 4.69) is 12.6 Å². The first-order valence-corrected chi connectivity index (χ1v) is 8.42. The maximum absolute atomic E-state index is 11.5. The molecule has 130 valence electrons. The number of carbonyl (C=O) groups is 1. The molecule has 0 heterocycles. The van der Waals surface area contributed by atoms with Crippen molar-refractivity contribution in [2.45, 2.75) is 32.3 Å². The van der Waals surface area contributed by atoms with Gasteiger partial charge in [0.05, 0.1) is 6.26 Å². The maximum Gasteiger partial charge on any atom is 0.333 e. The summed E-state index contributed by atoms with van der Waals surface area (Å²) in [6.07, 6.45) is 5.66. The van der Waals surface area contributed by atoms with Crippen molar-refractivity contribution in [3.05, 3.63) is 89.7 Å². The highest BCUT2D eigenvalue weighted by atomic mass is 16.5. The van der Waals surface area contributed by atoms with Gasteiger partial charge in [-0.25, -0.2) is 4.79 Å². The minimum atomic E-state index is -0.290. The molecule has 25 heavy (non-hydrogen) atoms. The molecule has 0 aromatic heterocycles. The summed E-state index contributed by atoms with van der Waals surface area (Å²) in [5.74, 6) is -0.290. The predicted molar refractivity (Wildman–Crippen MR) is 101 cm³/mol. The van der Waals surface area contributed by atoms with Crippen LogP contribution in [0.15, 0.2) is 73.0 Å². The van der Waals surface area contributed by atoms with Crippen LogP contribution in [-0.2, 0) is 16.0 Å². The highest BCUT2D eigenvalue weighted by molar-refractivity contribution is 5.87. The molecule has 0 radical (unpaired) electrons. The zero-order valence-corrected chi connectivity index (χ0v) is 14.5. The van der Waals surface area contributed by atoms with Gasteiger partial charge in [0.25, 0.3) is 0 Å². The predicted octanol–water partition coefficient (Wildman–Crippen LogP) is 5.40. The van der Waals surface area contributed by atoms with E-state index in [4.69, 9.17) is 9.84 Å². The van der Waals surface area contributed by atoms with Crippen molar-refractivity contribution in [1.82, 2.24) is 0 Å². The zero-order chi connectivity index (χ0) is 18.1. The Morgan fingerprint density at radius 2 is 1.84 bits per heavy atom. The third-order valence-corrected chi connectivity index (χ3v) is 3.98. The number of carbonyl (C=O) groups excluding carboxylic acids is 1. The van der Waals surface area contributed by atoms with Gasteiger partial charge in [-0.15, -0.1) is 0 Å². The number of aliphatic hydroxyl groups is 1. The van der Waals surface area contributed by atoms with Crippen LogP contribution in [0, 0.1) is 0 Å². The van der Waals surface area contributed by atoms with E-state index >= 15 is 0 Å². The van der Waals surface area contributed by atoms with E-state index in [0.717, 1.165) is 36.7 Å². The number of aryl methyl sites for hydroxylation is 1. The molecule has 1 aliphatic rings. The molecule has 2 aromatic carbocycles. The second kappa shape index (κ2) is 9.48. The Labute approximate surface area is 149 Å². The van der Waals surface area contributed by atoms with E-state index < -0.39 is 0 Å². The number of ether oxygens (including phenoxy) is 1. The van der Waals surface area contributed by atoms with Crippen LogP contribution in [0.3, 0.4) is 0 Å². The molecule has 0 aliphatic heterocycles. The van der Waals surface area contributed by atoms with Crippen molar-refractivity contribution in [3.63, 3.8) is 0 Å². The van der Waals surface area contributed by atoms with E-state index in [0.29, 0.717) is 5.57 Å². The van der Waals surface area contributed by atoms with Gasteiger partial charge in [0.2, 0.25) is 0 Å². The number of aliphatic hydroxyl groups excluding tert-OH is 1. The molecule has 0 bridgehead atoms. The summed E-state index contributed by atoms with van der Waals surface area (Å²) in [6, 6.07) is 17.8. The molecule has 0 fully saturated rings. The monoisotopic (exact) mass is 336 g/mol. The fourth-order valence-corrected chi connectivity index (χ4v) is 2.71. The molecule has 2 aromatic rings. The Balaban J connectivity index is 0.000000212. The van der Waals surface area contributed by atoms with E-state index in [1.807, 2.05) is 48.5 Å². The van der Waals surface area contributed by atoms with Gasteiger partial charge in [0.15, 0.2) is 0 Å². The summed E-state index contributed by atoms with van der Waals surface area (Å²) in [5.41, 5.74) is 3.93. The Hall–Kier alpha value is -2.81. The van der Waals surface area contributed by atoms with Gasteiger partial charge in [0, 0.05) is 5.57 Å². The van der Waals surface area contributed by atoms with Crippen molar-refractivity contribution in [1.29, 1.82) is 0 Å². The standard InChI is InChI=1S/C14H16O2.C8H8O/c1-10(2)14(15)16-13-9-5-7-11-6-3-4-8-12(11)13;9-7-6-8-4-2-1-3-5-8/h3-4,6,8,13H,1,5,7,9H2,2H3;1-7,9H. The summed E-state index contributed by atoms with van der Waals surface area (Å²) in [7, 11) is 0. The summed E-state index contributed by atoms with van der Waals surface area (Å²) in [6.45, 7) is 5.28. The van der Waals surface area contributed by atoms with Crippen LogP contribution >= 0.6 is 0 Å². The number of hydrogen-bond acceptors (Lipinski definition) is 3. The van der Waals surface area contributed by atoms with Gasteiger partial charge in [-0.05, 0) is 49.0 Å². The summed E-state index contributed by atoms with van der Waals surface area (Å²) < 4.78 is 5.44. The summed E-state index contributed by atoms with van der Waals surface area (Å²) >= 11 is 0. The molecule has 0 spiro atoms. The molecule has 3 heteroatoms. The van der Waals surface area contributed by atoms with Crippen molar-refractivity contribution < 1.29 is 14.6 Å². The van der Waals surface area contributed by atoms with Gasteiger partial charge < -0.3 is 9.84 Å². The second-order valence-electron chi connectivity index (χ2n) is 5.99. The van der Waals surface area contributed by atoms with Gasteiger partial charge in [-0.2, -0.15) is 0 Å². The van der Waals surface area contributed by atoms with E-state index in [9.17, 15) is 4.79 Å². The molecule has 0 amide bonds. The van der Waals surface area contributed by atoms with E-state index in [1.165, 1.54) is 5.56 Å². The third-order valence-electron chi connectivity index (χ3n) is 3.98. The molecular weight excluding hydrogens is 312 g/mol. The van der Waals surface area contributed by atoms with Crippen LogP contribution in [0.4, 0.5) is 0 Å². The largest absolute Gasteiger partial charge is 0.516 e. The first-order chi connectivity index (χ1) is 12.1. The van der Waals surface area contributed by atoms with Crippen LogP contribution in [0.2, 0.25) is 0 Å². The Kier molecular flexibility index (Phi) is 7.02. The van der Waals surface area contributed by atoms with Gasteiger partial charge in [-0.1, -0.05) is 61.2 Å². The molecule has 1 atom stereocenters. The Bertz CT molecular complexity index is 732. The van der Waals surface area contributed by atoms with Crippen molar-refractivity contribution >= 4 is 12.0 Å². The number of hydrogen-bond donors (Lipinski definition) is 1. The summed E-state index contributed by atoms with van der Waals surface area (Å²) in [5, 5.41) is 8.34. The molecule has 3 rings (SSSR count). The number of rotatable bonds is 3. The Morgan fingerprint density at radius 1 is 1.16 bits per heavy atom. The topological polar surface area (TPSA) is 46.5 Å². The van der Waals surface area contributed by atoms with Crippen LogP contribution in [0.1, 0.15) is 42.6 Å². The number of benzene rings is 2. The third kappa shape index (κ3) is 5.64. The number of esters is 1. The maximum atomic E-state index is 11.5. The quantitative estimate of drug-likeness (QED) is 0.464. The molecular formula is C22H24O3. The molecule has 3 nitrogen and oxygen atoms in total. The van der Waals surface area contributed by atoms with Gasteiger partial charge in [-0.3, -0.25) is 0 Å². The fraction of sp³-hybridized carbons (Fsp3) is 0.227. The van der Waals surface area contributed by atoms with E-state index in [-0.39, 0.29) is 12.1 Å². The minimum absolute atomic E-state index is 0.0888. The van der Waals surface area contributed by atoms with Crippen molar-refractivity contribution in [2.24, 2.45) is 0 Å². The highest BCUT2D eigenvalue weighted by Gasteiger charge is 2.23. The molecule has 1 aliphatic carbocycles. The molecule has 0 saturated heterocycles. The van der Waals surface area contributed by atoms with Crippen LogP contribution in [-0.4, -0.2) is 11.1 Å². The van der Waals surface area contributed by atoms with Crippen molar-refractivity contribution in [2.75, 3.05) is 0 Å². The van der Waals surface area contributed by atoms with Crippen LogP contribution in [0.5, 0.6) is 0 Å². The first kappa shape index (κ1) is 18.5. The first-order valence-electron chi connectivity index (χ1n) is 8.42. The lowest BCUT2D eigenvalue weighted by molar-refractivity contribution is -0.145. The van der Waals surface area contributed by atoms with Gasteiger partial charge >= 0.3 is 5.97 Å². The van der Waals surface area contributed by atoms with E-state index in [1.54, 1.807) is 13.0 Å². The lowest BCUT2D eigenvalue weighted by Crippen LogP contribution is -2.16. The normalized spacial score (nSPS) is 15.6. The van der Waals surface area contributed by atoms with Crippen LogP contribution in [0.25, 0.3) is 6.08 Å². The highest BCUT2D eigenvalue weighted by Crippen LogP contribution is 2.32. The average molecular weight is 336 g/mol. The minimum Gasteiger partial charge on any atom is -0.516 e. The molecule has 0 saturated carbocycles. The molecule has 1 unspecified atom stereocenters. The fourth-order valence-electron chi connectivity index (χ4n) is 2.71. The van der Waals surface area contributed by atoms with Crippen molar-refractivity contribution in [3.8, 4) is 0 Å². The smallest absolute Gasteiger partial charge is 0.333 e. The zero-order valence-electron chi connectivity index (χ0n) is 14.5. The van der Waals surface area contributed by atoms with Crippen LogP contribution < -0.4 is 0 Å². The Morgan fingerprint density at radius 3 is 2.52 bits per heavy atom. The average Bonchev–Trinajstić information content (AvgIpc) is 2.64. The van der Waals surface area contributed by atoms with Gasteiger partial charge in [0.1, 0.15) is 6.10 Å².